The summed E-state index contributed by atoms with van der Waals surface area (Å²) in [6.45, 7) is 1.80. The van der Waals surface area contributed by atoms with Crippen molar-refractivity contribution >= 4 is 22.6 Å². The highest BCUT2D eigenvalue weighted by Gasteiger charge is 2.52. The molecule has 1 fully saturated rings. The van der Waals surface area contributed by atoms with Gasteiger partial charge in [-0.15, -0.1) is 0 Å². The summed E-state index contributed by atoms with van der Waals surface area (Å²) >= 11 is 0. The zero-order chi connectivity index (χ0) is 14.4. The molecular weight excluding hydrogens is 266 g/mol. The molecule has 4 rings (SSSR count). The van der Waals surface area contributed by atoms with Gasteiger partial charge in [0.25, 0.3) is 0 Å². The van der Waals surface area contributed by atoms with E-state index in [1.165, 1.54) is 0 Å². The lowest BCUT2D eigenvalue weighted by Gasteiger charge is -2.13. The third-order valence-corrected chi connectivity index (χ3v) is 4.16. The fourth-order valence-electron chi connectivity index (χ4n) is 2.87. The van der Waals surface area contributed by atoms with Crippen LogP contribution in [0.25, 0.3) is 10.9 Å². The third kappa shape index (κ3) is 1.85. The Kier molecular flexibility index (Phi) is 2.45. The van der Waals surface area contributed by atoms with Gasteiger partial charge in [0.15, 0.2) is 5.82 Å². The molecule has 0 aliphatic heterocycles. The number of aromatic nitrogens is 2. The second kappa shape index (κ2) is 4.22. The molecule has 1 aromatic carbocycles. The Morgan fingerprint density at radius 1 is 1.38 bits per heavy atom. The van der Waals surface area contributed by atoms with Crippen molar-refractivity contribution in [3.63, 3.8) is 0 Å². The minimum Gasteiger partial charge on any atom is -0.361 e. The summed E-state index contributed by atoms with van der Waals surface area (Å²) in [4.78, 5) is 15.9. The molecule has 3 aromatic rings. The Morgan fingerprint density at radius 2 is 2.19 bits per heavy atom. The summed E-state index contributed by atoms with van der Waals surface area (Å²) in [5, 5.41) is 7.80. The van der Waals surface area contributed by atoms with Crippen LogP contribution in [0, 0.1) is 6.92 Å². The summed E-state index contributed by atoms with van der Waals surface area (Å²) in [6, 6.07) is 9.78. The van der Waals surface area contributed by atoms with Crippen LogP contribution in [0.4, 0.5) is 5.82 Å². The predicted molar refractivity (Wildman–Crippen MR) is 79.1 cm³/mol. The molecule has 0 saturated heterocycles. The van der Waals surface area contributed by atoms with E-state index in [9.17, 15) is 4.79 Å². The average molecular weight is 281 g/mol. The third-order valence-electron chi connectivity index (χ3n) is 4.16. The van der Waals surface area contributed by atoms with Crippen molar-refractivity contribution in [3.8, 4) is 0 Å². The first kappa shape index (κ1) is 12.2. The van der Waals surface area contributed by atoms with Crippen molar-refractivity contribution in [2.45, 2.75) is 25.2 Å². The largest absolute Gasteiger partial charge is 0.361 e. The van der Waals surface area contributed by atoms with Crippen LogP contribution in [0.15, 0.2) is 41.1 Å². The fraction of sp³-hybridized carbons (Fsp3) is 0.250. The molecule has 0 bridgehead atoms. The molecule has 1 aliphatic carbocycles. The molecule has 2 aromatic heterocycles. The van der Waals surface area contributed by atoms with Gasteiger partial charge in [0.2, 0.25) is 5.91 Å². The van der Waals surface area contributed by atoms with Crippen molar-refractivity contribution < 1.29 is 9.32 Å². The molecule has 2 N–H and O–H groups in total. The molecule has 106 valence electrons. The number of hydrogen-bond donors (Lipinski definition) is 2. The Balaban J connectivity index is 1.68. The fourth-order valence-corrected chi connectivity index (χ4v) is 2.87. The lowest BCUT2D eigenvalue weighted by atomic mass is 9.94. The number of nitrogens with zero attached hydrogens (tertiary/aromatic N) is 1. The van der Waals surface area contributed by atoms with Crippen LogP contribution < -0.4 is 5.32 Å². The van der Waals surface area contributed by atoms with Crippen LogP contribution in [0.1, 0.15) is 24.2 Å². The van der Waals surface area contributed by atoms with Gasteiger partial charge in [-0.05, 0) is 31.4 Å². The van der Waals surface area contributed by atoms with E-state index in [1.54, 1.807) is 13.0 Å². The number of fused-ring (bicyclic) bond motifs is 1. The molecule has 0 unspecified atom stereocenters. The van der Waals surface area contributed by atoms with E-state index >= 15 is 0 Å². The predicted octanol–water partition coefficient (Wildman–Crippen LogP) is 3.13. The summed E-state index contributed by atoms with van der Waals surface area (Å²) < 4.78 is 4.99. The van der Waals surface area contributed by atoms with Gasteiger partial charge in [0.1, 0.15) is 5.76 Å². The number of carbonyl (C=O) groups is 1. The maximum absolute atomic E-state index is 12.6. The number of benzene rings is 1. The van der Waals surface area contributed by atoms with E-state index in [-0.39, 0.29) is 5.91 Å². The highest BCUT2D eigenvalue weighted by Crippen LogP contribution is 2.51. The van der Waals surface area contributed by atoms with Crippen molar-refractivity contribution in [2.24, 2.45) is 0 Å². The highest BCUT2D eigenvalue weighted by atomic mass is 16.5. The van der Waals surface area contributed by atoms with E-state index in [4.69, 9.17) is 4.52 Å². The number of H-pyrrole nitrogens is 1. The van der Waals surface area contributed by atoms with Gasteiger partial charge >= 0.3 is 0 Å². The number of aryl methyl sites for hydroxylation is 1. The van der Waals surface area contributed by atoms with Crippen molar-refractivity contribution in [1.29, 1.82) is 0 Å². The molecule has 21 heavy (non-hydrogen) atoms. The Bertz CT molecular complexity index is 827. The molecule has 0 spiro atoms. The van der Waals surface area contributed by atoms with Gasteiger partial charge in [0.05, 0.1) is 5.41 Å². The van der Waals surface area contributed by atoms with Crippen LogP contribution in [0.3, 0.4) is 0 Å². The van der Waals surface area contributed by atoms with E-state index in [0.717, 1.165) is 29.3 Å². The lowest BCUT2D eigenvalue weighted by Crippen LogP contribution is -2.27. The van der Waals surface area contributed by atoms with Crippen LogP contribution in [-0.4, -0.2) is 16.0 Å². The zero-order valence-corrected chi connectivity index (χ0v) is 11.6. The quantitative estimate of drug-likeness (QED) is 0.774. The van der Waals surface area contributed by atoms with Crippen LogP contribution >= 0.6 is 0 Å². The second-order valence-electron chi connectivity index (χ2n) is 5.61. The molecule has 1 aliphatic rings. The van der Waals surface area contributed by atoms with Crippen molar-refractivity contribution in [1.82, 2.24) is 10.1 Å². The Hall–Kier alpha value is -2.56. The first-order valence-electron chi connectivity index (χ1n) is 7.00. The van der Waals surface area contributed by atoms with Crippen molar-refractivity contribution in [3.05, 3.63) is 47.9 Å². The summed E-state index contributed by atoms with van der Waals surface area (Å²) in [6.07, 6.45) is 3.67. The number of anilines is 1. The van der Waals surface area contributed by atoms with Crippen LogP contribution in [0.2, 0.25) is 0 Å². The zero-order valence-electron chi connectivity index (χ0n) is 11.6. The molecule has 1 amide bonds. The SMILES string of the molecule is Cc1cc(NC(=O)C2(c3c[nH]c4ccccc34)CC2)no1. The lowest BCUT2D eigenvalue weighted by molar-refractivity contribution is -0.118. The number of rotatable bonds is 3. The molecule has 0 atom stereocenters. The highest BCUT2D eigenvalue weighted by molar-refractivity contribution is 6.04. The monoisotopic (exact) mass is 281 g/mol. The van der Waals surface area contributed by atoms with Gasteiger partial charge in [-0.3, -0.25) is 4.79 Å². The molecular formula is C16H15N3O2. The van der Waals surface area contributed by atoms with Gasteiger partial charge in [-0.1, -0.05) is 23.4 Å². The van der Waals surface area contributed by atoms with Crippen molar-refractivity contribution in [2.75, 3.05) is 5.32 Å². The van der Waals surface area contributed by atoms with Gasteiger partial charge < -0.3 is 14.8 Å². The number of hydrogen-bond acceptors (Lipinski definition) is 3. The molecule has 2 heterocycles. The molecule has 1 saturated carbocycles. The summed E-state index contributed by atoms with van der Waals surface area (Å²) in [5.74, 6) is 1.14. The number of carbonyl (C=O) groups excluding carboxylic acids is 1. The van der Waals surface area contributed by atoms with Crippen LogP contribution in [-0.2, 0) is 10.2 Å². The standard InChI is InChI=1S/C16H15N3O2/c1-10-8-14(19-21-10)18-15(20)16(6-7-16)12-9-17-13-5-3-2-4-11(12)13/h2-5,8-9,17H,6-7H2,1H3,(H,18,19,20). The smallest absolute Gasteiger partial charge is 0.236 e. The molecule has 5 heteroatoms. The van der Waals surface area contributed by atoms with Gasteiger partial charge in [-0.25, -0.2) is 0 Å². The van der Waals surface area contributed by atoms with E-state index in [0.29, 0.717) is 11.6 Å². The van der Waals surface area contributed by atoms with E-state index in [1.807, 2.05) is 24.4 Å². The van der Waals surface area contributed by atoms with Crippen LogP contribution in [0.5, 0.6) is 0 Å². The number of amides is 1. The number of aromatic amines is 1. The van der Waals surface area contributed by atoms with E-state index < -0.39 is 5.41 Å². The minimum absolute atomic E-state index is 0.0134. The summed E-state index contributed by atoms with van der Waals surface area (Å²) in [7, 11) is 0. The van der Waals surface area contributed by atoms with Gasteiger partial charge in [-0.2, -0.15) is 0 Å². The van der Waals surface area contributed by atoms with Gasteiger partial charge in [0, 0.05) is 23.2 Å². The first-order chi connectivity index (χ1) is 10.2. The minimum atomic E-state index is -0.438. The molecule has 0 radical (unpaired) electrons. The maximum atomic E-state index is 12.6. The normalized spacial score (nSPS) is 16.0. The average Bonchev–Trinajstić information content (AvgIpc) is 3.01. The summed E-state index contributed by atoms with van der Waals surface area (Å²) in [5.41, 5.74) is 1.69. The Labute approximate surface area is 121 Å². The Morgan fingerprint density at radius 3 is 2.90 bits per heavy atom. The topological polar surface area (TPSA) is 70.9 Å². The first-order valence-corrected chi connectivity index (χ1v) is 7.00. The molecule has 5 nitrogen and oxygen atoms in total. The second-order valence-corrected chi connectivity index (χ2v) is 5.61. The maximum Gasteiger partial charge on any atom is 0.236 e. The number of para-hydroxylation sites is 1. The number of nitrogens with one attached hydrogen (secondary N) is 2. The van der Waals surface area contributed by atoms with E-state index in [2.05, 4.69) is 21.5 Å².